The van der Waals surface area contributed by atoms with Gasteiger partial charge in [-0.3, -0.25) is 4.79 Å². The lowest BCUT2D eigenvalue weighted by molar-refractivity contribution is -0.125. The van der Waals surface area contributed by atoms with Gasteiger partial charge in [-0.05, 0) is 26.4 Å². The van der Waals surface area contributed by atoms with Crippen LogP contribution in [0.1, 0.15) is 26.2 Å². The van der Waals surface area contributed by atoms with Gasteiger partial charge < -0.3 is 15.0 Å². The first-order chi connectivity index (χ1) is 7.20. The van der Waals surface area contributed by atoms with Crippen molar-refractivity contribution in [3.05, 3.63) is 0 Å². The Labute approximate surface area is 93.0 Å². The molecule has 0 aromatic heterocycles. The predicted octanol–water partition coefficient (Wildman–Crippen LogP) is 0.871. The summed E-state index contributed by atoms with van der Waals surface area (Å²) < 4.78 is 5.20. The minimum Gasteiger partial charge on any atom is -0.372 e. The van der Waals surface area contributed by atoms with Gasteiger partial charge in [0, 0.05) is 20.2 Å². The van der Waals surface area contributed by atoms with Crippen LogP contribution in [0.3, 0.4) is 0 Å². The molecule has 15 heavy (non-hydrogen) atoms. The van der Waals surface area contributed by atoms with Gasteiger partial charge in [0.25, 0.3) is 0 Å². The molecule has 0 radical (unpaired) electrons. The lowest BCUT2D eigenvalue weighted by Gasteiger charge is -2.15. The van der Waals surface area contributed by atoms with Crippen LogP contribution < -0.4 is 5.32 Å². The zero-order chi connectivity index (χ0) is 11.5. The molecule has 0 heterocycles. The van der Waals surface area contributed by atoms with Crippen molar-refractivity contribution in [2.75, 3.05) is 40.4 Å². The van der Waals surface area contributed by atoms with Crippen molar-refractivity contribution in [1.29, 1.82) is 0 Å². The molecule has 0 aliphatic rings. The Morgan fingerprint density at radius 2 is 2.00 bits per heavy atom. The lowest BCUT2D eigenvalue weighted by Crippen LogP contribution is -2.25. The van der Waals surface area contributed by atoms with Crippen LogP contribution in [0.2, 0.25) is 0 Å². The second-order valence-corrected chi connectivity index (χ2v) is 3.74. The molecule has 0 atom stereocenters. The number of unbranched alkanes of at least 4 members (excludes halogenated alkanes) is 1. The smallest absolute Gasteiger partial charge is 0.245 e. The molecule has 0 aliphatic carbocycles. The van der Waals surface area contributed by atoms with E-state index in [-0.39, 0.29) is 12.5 Å². The van der Waals surface area contributed by atoms with Gasteiger partial charge in [-0.15, -0.1) is 0 Å². The summed E-state index contributed by atoms with van der Waals surface area (Å²) in [7, 11) is 3.73. The second kappa shape index (κ2) is 9.93. The Kier molecular flexibility index (Phi) is 9.52. The van der Waals surface area contributed by atoms with Crippen molar-refractivity contribution in [2.45, 2.75) is 26.2 Å². The van der Waals surface area contributed by atoms with Crippen molar-refractivity contribution in [3.8, 4) is 0 Å². The Morgan fingerprint density at radius 3 is 2.60 bits per heavy atom. The largest absolute Gasteiger partial charge is 0.372 e. The molecule has 0 saturated carbocycles. The lowest BCUT2D eigenvalue weighted by atomic mass is 10.3. The number of carbonyl (C=O) groups excluding carboxylic acids is 1. The van der Waals surface area contributed by atoms with Crippen molar-refractivity contribution in [3.63, 3.8) is 0 Å². The molecule has 4 nitrogen and oxygen atoms in total. The summed E-state index contributed by atoms with van der Waals surface area (Å²) in [5.41, 5.74) is 0. The summed E-state index contributed by atoms with van der Waals surface area (Å²) in [6, 6.07) is 0. The van der Waals surface area contributed by atoms with Crippen LogP contribution >= 0.6 is 0 Å². The van der Waals surface area contributed by atoms with Crippen LogP contribution in [0.15, 0.2) is 0 Å². The molecule has 1 amide bonds. The zero-order valence-corrected chi connectivity index (χ0v) is 10.2. The van der Waals surface area contributed by atoms with Crippen LogP contribution in [0.5, 0.6) is 0 Å². The average molecular weight is 216 g/mol. The number of nitrogens with zero attached hydrogens (tertiary/aromatic N) is 1. The maximum Gasteiger partial charge on any atom is 0.245 e. The third-order valence-electron chi connectivity index (χ3n) is 2.23. The van der Waals surface area contributed by atoms with Crippen molar-refractivity contribution >= 4 is 5.91 Å². The third-order valence-corrected chi connectivity index (χ3v) is 2.23. The number of carbonyl (C=O) groups is 1. The molecule has 0 bridgehead atoms. The molecule has 1 N–H and O–H groups in total. The number of hydrogen-bond acceptors (Lipinski definition) is 3. The van der Waals surface area contributed by atoms with E-state index in [9.17, 15) is 4.79 Å². The van der Waals surface area contributed by atoms with Gasteiger partial charge in [-0.1, -0.05) is 13.3 Å². The van der Waals surface area contributed by atoms with Crippen LogP contribution in [-0.4, -0.2) is 51.2 Å². The standard InChI is InChI=1S/C11H24N2O2/c1-4-5-7-13(3)8-6-9-15-10-11(14)12-2/h4-10H2,1-3H3,(H,12,14). The van der Waals surface area contributed by atoms with E-state index < -0.39 is 0 Å². The molecule has 0 unspecified atom stereocenters. The fraction of sp³-hybridized carbons (Fsp3) is 0.909. The first-order valence-corrected chi connectivity index (χ1v) is 5.67. The number of likely N-dealkylation sites (N-methyl/N-ethyl adjacent to an activating group) is 1. The highest BCUT2D eigenvalue weighted by Gasteiger charge is 1.99. The number of nitrogens with one attached hydrogen (secondary N) is 1. The van der Waals surface area contributed by atoms with Gasteiger partial charge in [0.05, 0.1) is 0 Å². The number of amides is 1. The summed E-state index contributed by atoms with van der Waals surface area (Å²) in [5, 5.41) is 2.52. The highest BCUT2D eigenvalue weighted by molar-refractivity contribution is 5.76. The van der Waals surface area contributed by atoms with E-state index in [1.165, 1.54) is 12.8 Å². The Hall–Kier alpha value is -0.610. The third kappa shape index (κ3) is 9.69. The normalized spacial score (nSPS) is 10.7. The monoisotopic (exact) mass is 216 g/mol. The molecule has 0 fully saturated rings. The molecule has 0 spiro atoms. The minimum atomic E-state index is -0.0608. The molecular weight excluding hydrogens is 192 g/mol. The van der Waals surface area contributed by atoms with Gasteiger partial charge in [-0.2, -0.15) is 0 Å². The van der Waals surface area contributed by atoms with Gasteiger partial charge in [0.15, 0.2) is 0 Å². The maximum atomic E-state index is 10.8. The molecule has 90 valence electrons. The number of hydrogen-bond donors (Lipinski definition) is 1. The molecule has 0 aromatic rings. The zero-order valence-electron chi connectivity index (χ0n) is 10.2. The highest BCUT2D eigenvalue weighted by Crippen LogP contribution is 1.93. The Morgan fingerprint density at radius 1 is 1.33 bits per heavy atom. The summed E-state index contributed by atoms with van der Waals surface area (Å²) in [6.07, 6.45) is 3.46. The fourth-order valence-electron chi connectivity index (χ4n) is 1.21. The van der Waals surface area contributed by atoms with Gasteiger partial charge in [0.1, 0.15) is 6.61 Å². The fourth-order valence-corrected chi connectivity index (χ4v) is 1.21. The minimum absolute atomic E-state index is 0.0608. The van der Waals surface area contributed by atoms with Crippen LogP contribution in [0.25, 0.3) is 0 Å². The topological polar surface area (TPSA) is 41.6 Å². The Balaban J connectivity index is 3.19. The van der Waals surface area contributed by atoms with Crippen LogP contribution in [0.4, 0.5) is 0 Å². The van der Waals surface area contributed by atoms with E-state index >= 15 is 0 Å². The van der Waals surface area contributed by atoms with Crippen molar-refractivity contribution in [2.24, 2.45) is 0 Å². The summed E-state index contributed by atoms with van der Waals surface area (Å²) in [4.78, 5) is 13.1. The SMILES string of the molecule is CCCCN(C)CCCOCC(=O)NC. The molecule has 4 heteroatoms. The molecule has 0 aliphatic heterocycles. The van der Waals surface area contributed by atoms with Crippen molar-refractivity contribution in [1.82, 2.24) is 10.2 Å². The van der Waals surface area contributed by atoms with E-state index in [0.717, 1.165) is 19.5 Å². The molecule has 0 rings (SSSR count). The quantitative estimate of drug-likeness (QED) is 0.582. The van der Waals surface area contributed by atoms with E-state index in [4.69, 9.17) is 4.74 Å². The summed E-state index contributed by atoms with van der Waals surface area (Å²) in [6.45, 7) is 5.21. The van der Waals surface area contributed by atoms with Crippen molar-refractivity contribution < 1.29 is 9.53 Å². The highest BCUT2D eigenvalue weighted by atomic mass is 16.5. The molecular formula is C11H24N2O2. The second-order valence-electron chi connectivity index (χ2n) is 3.74. The summed E-state index contributed by atoms with van der Waals surface area (Å²) >= 11 is 0. The first kappa shape index (κ1) is 14.4. The van der Waals surface area contributed by atoms with Gasteiger partial charge in [-0.25, -0.2) is 0 Å². The van der Waals surface area contributed by atoms with E-state index in [1.54, 1.807) is 7.05 Å². The number of ether oxygens (including phenoxy) is 1. The van der Waals surface area contributed by atoms with Gasteiger partial charge in [0.2, 0.25) is 5.91 Å². The van der Waals surface area contributed by atoms with Crippen LogP contribution in [0, 0.1) is 0 Å². The Bertz CT molecular complexity index is 163. The first-order valence-electron chi connectivity index (χ1n) is 5.67. The average Bonchev–Trinajstić information content (AvgIpc) is 2.25. The van der Waals surface area contributed by atoms with E-state index in [0.29, 0.717) is 6.61 Å². The predicted molar refractivity (Wildman–Crippen MR) is 61.9 cm³/mol. The van der Waals surface area contributed by atoms with E-state index in [1.807, 2.05) is 0 Å². The summed E-state index contributed by atoms with van der Waals surface area (Å²) in [5.74, 6) is -0.0608. The molecule has 0 saturated heterocycles. The maximum absolute atomic E-state index is 10.8. The molecule has 0 aromatic carbocycles. The number of rotatable bonds is 9. The van der Waals surface area contributed by atoms with E-state index in [2.05, 4.69) is 24.2 Å². The van der Waals surface area contributed by atoms with Gasteiger partial charge >= 0.3 is 0 Å². The van der Waals surface area contributed by atoms with Crippen LogP contribution in [-0.2, 0) is 9.53 Å².